The first kappa shape index (κ1) is 25.7. The lowest BCUT2D eigenvalue weighted by atomic mass is 10.1. The largest absolute Gasteiger partial charge is 0.481 e. The molecule has 0 radical (unpaired) electrons. The van der Waals surface area contributed by atoms with Crippen molar-refractivity contribution in [2.24, 2.45) is 5.73 Å². The fourth-order valence-electron chi connectivity index (χ4n) is 3.57. The summed E-state index contributed by atoms with van der Waals surface area (Å²) in [5.41, 5.74) is 6.74. The van der Waals surface area contributed by atoms with Crippen molar-refractivity contribution >= 4 is 29.7 Å². The summed E-state index contributed by atoms with van der Waals surface area (Å²) in [6.45, 7) is -0.583. The van der Waals surface area contributed by atoms with E-state index >= 15 is 0 Å². The smallest absolute Gasteiger partial charge is 0.326 e. The minimum absolute atomic E-state index is 0.149. The van der Waals surface area contributed by atoms with Gasteiger partial charge in [0.15, 0.2) is 0 Å². The second-order valence-electron chi connectivity index (χ2n) is 7.73. The summed E-state index contributed by atoms with van der Waals surface area (Å²) in [7, 11) is 0. The molecule has 180 valence electrons. The Morgan fingerprint density at radius 3 is 2.30 bits per heavy atom. The molecule has 4 unspecified atom stereocenters. The summed E-state index contributed by atoms with van der Waals surface area (Å²) >= 11 is 0. The van der Waals surface area contributed by atoms with Crippen LogP contribution in [-0.2, 0) is 30.4 Å². The molecule has 1 heterocycles. The summed E-state index contributed by atoms with van der Waals surface area (Å²) in [6, 6.07) is 3.97. The highest BCUT2D eigenvalue weighted by Gasteiger charge is 2.39. The maximum Gasteiger partial charge on any atom is 0.326 e. The normalized spacial score (nSPS) is 18.1. The van der Waals surface area contributed by atoms with Gasteiger partial charge in [-0.25, -0.2) is 4.79 Å². The van der Waals surface area contributed by atoms with E-state index in [9.17, 15) is 29.1 Å². The number of amides is 3. The molecular formula is C21H28N4O8. The third-order valence-corrected chi connectivity index (χ3v) is 5.26. The average Bonchev–Trinajstić information content (AvgIpc) is 3.26. The monoisotopic (exact) mass is 464 g/mol. The molecule has 33 heavy (non-hydrogen) atoms. The molecule has 4 atom stereocenters. The summed E-state index contributed by atoms with van der Waals surface area (Å²) in [4.78, 5) is 61.1. The topological polar surface area (TPSA) is 199 Å². The number of nitrogens with two attached hydrogens (primary N) is 1. The maximum atomic E-state index is 12.9. The number of carbonyl (C=O) groups excluding carboxylic acids is 3. The molecule has 0 bridgehead atoms. The highest BCUT2D eigenvalue weighted by atomic mass is 16.4. The van der Waals surface area contributed by atoms with E-state index in [1.54, 1.807) is 24.3 Å². The van der Waals surface area contributed by atoms with Crippen LogP contribution in [0.1, 0.15) is 24.8 Å². The number of aliphatic hydroxyl groups excluding tert-OH is 1. The minimum atomic E-state index is -1.66. The number of rotatable bonds is 11. The van der Waals surface area contributed by atoms with Crippen molar-refractivity contribution in [3.63, 3.8) is 0 Å². The second-order valence-corrected chi connectivity index (χ2v) is 7.73. The van der Waals surface area contributed by atoms with Gasteiger partial charge in [-0.3, -0.25) is 19.2 Å². The van der Waals surface area contributed by atoms with Gasteiger partial charge in [-0.15, -0.1) is 0 Å². The van der Waals surface area contributed by atoms with Gasteiger partial charge in [0, 0.05) is 6.54 Å². The fraction of sp³-hybridized carbons (Fsp3) is 0.476. The fourth-order valence-corrected chi connectivity index (χ4v) is 3.57. The van der Waals surface area contributed by atoms with Crippen molar-refractivity contribution < 1.29 is 39.3 Å². The molecular weight excluding hydrogens is 436 g/mol. The minimum Gasteiger partial charge on any atom is -0.481 e. The Bertz CT molecular complexity index is 878. The van der Waals surface area contributed by atoms with Gasteiger partial charge in [-0.2, -0.15) is 0 Å². The zero-order valence-corrected chi connectivity index (χ0v) is 17.8. The lowest BCUT2D eigenvalue weighted by Gasteiger charge is -2.29. The molecule has 1 aromatic carbocycles. The SMILES string of the molecule is NC(Cc1ccccc1)C(=O)NC(CO)C(=O)N1CCCC1C(=O)NC(CC(=O)O)C(=O)O. The average molecular weight is 464 g/mol. The number of carboxylic acid groups (broad SMARTS) is 2. The molecule has 1 saturated heterocycles. The molecule has 1 aliphatic heterocycles. The van der Waals surface area contributed by atoms with Gasteiger partial charge < -0.3 is 36.6 Å². The molecule has 0 spiro atoms. The molecule has 1 aliphatic rings. The molecule has 1 fully saturated rings. The van der Waals surface area contributed by atoms with Crippen molar-refractivity contribution in [3.05, 3.63) is 35.9 Å². The zero-order valence-electron chi connectivity index (χ0n) is 17.8. The first-order valence-corrected chi connectivity index (χ1v) is 10.4. The van der Waals surface area contributed by atoms with E-state index in [1.807, 2.05) is 6.07 Å². The molecule has 0 saturated carbocycles. The number of hydrogen-bond donors (Lipinski definition) is 6. The van der Waals surface area contributed by atoms with Gasteiger partial charge in [0.1, 0.15) is 18.1 Å². The molecule has 12 nitrogen and oxygen atoms in total. The summed E-state index contributed by atoms with van der Waals surface area (Å²) in [5.74, 6) is -5.12. The van der Waals surface area contributed by atoms with E-state index in [0.717, 1.165) is 10.5 Å². The van der Waals surface area contributed by atoms with Crippen LogP contribution in [0.3, 0.4) is 0 Å². The molecule has 7 N–H and O–H groups in total. The molecule has 3 amide bonds. The van der Waals surface area contributed by atoms with Crippen LogP contribution >= 0.6 is 0 Å². The third-order valence-electron chi connectivity index (χ3n) is 5.26. The van der Waals surface area contributed by atoms with Gasteiger partial charge in [-0.05, 0) is 24.8 Å². The van der Waals surface area contributed by atoms with Crippen LogP contribution in [0.5, 0.6) is 0 Å². The Labute approximate surface area is 189 Å². The van der Waals surface area contributed by atoms with Gasteiger partial charge >= 0.3 is 11.9 Å². The molecule has 0 aliphatic carbocycles. The number of nitrogens with zero attached hydrogens (tertiary/aromatic N) is 1. The predicted molar refractivity (Wildman–Crippen MR) is 114 cm³/mol. The lowest BCUT2D eigenvalue weighted by Crippen LogP contribution is -2.58. The van der Waals surface area contributed by atoms with E-state index in [1.165, 1.54) is 0 Å². The number of aliphatic hydroxyl groups is 1. The Kier molecular flexibility index (Phi) is 9.30. The van der Waals surface area contributed by atoms with E-state index in [0.29, 0.717) is 6.42 Å². The maximum absolute atomic E-state index is 12.9. The van der Waals surface area contributed by atoms with Crippen LogP contribution in [-0.4, -0.2) is 87.2 Å². The summed E-state index contributed by atoms with van der Waals surface area (Å²) in [5, 5.41) is 32.1. The Hall–Kier alpha value is -3.51. The Morgan fingerprint density at radius 1 is 1.06 bits per heavy atom. The van der Waals surface area contributed by atoms with Crippen LogP contribution in [0.25, 0.3) is 0 Å². The number of nitrogens with one attached hydrogen (secondary N) is 2. The van der Waals surface area contributed by atoms with Crippen molar-refractivity contribution in [2.45, 2.75) is 49.9 Å². The van der Waals surface area contributed by atoms with Gasteiger partial charge in [0.05, 0.1) is 19.1 Å². The first-order valence-electron chi connectivity index (χ1n) is 10.4. The molecule has 1 aromatic rings. The van der Waals surface area contributed by atoms with Crippen molar-refractivity contribution in [1.82, 2.24) is 15.5 Å². The van der Waals surface area contributed by atoms with E-state index in [4.69, 9.17) is 15.9 Å². The molecule has 12 heteroatoms. The number of likely N-dealkylation sites (tertiary alicyclic amines) is 1. The third kappa shape index (κ3) is 7.26. The lowest BCUT2D eigenvalue weighted by molar-refractivity contribution is -0.148. The van der Waals surface area contributed by atoms with Crippen LogP contribution < -0.4 is 16.4 Å². The van der Waals surface area contributed by atoms with Crippen molar-refractivity contribution in [2.75, 3.05) is 13.2 Å². The van der Waals surface area contributed by atoms with Gasteiger partial charge in [0.25, 0.3) is 0 Å². The molecule has 0 aromatic heterocycles. The Morgan fingerprint density at radius 2 is 1.73 bits per heavy atom. The van der Waals surface area contributed by atoms with Crippen LogP contribution in [0.2, 0.25) is 0 Å². The highest BCUT2D eigenvalue weighted by Crippen LogP contribution is 2.19. The van der Waals surface area contributed by atoms with Gasteiger partial charge in [-0.1, -0.05) is 30.3 Å². The predicted octanol–water partition coefficient (Wildman–Crippen LogP) is -1.93. The number of benzene rings is 1. The first-order chi connectivity index (χ1) is 15.6. The van der Waals surface area contributed by atoms with Crippen LogP contribution in [0.15, 0.2) is 30.3 Å². The standard InChI is InChI=1S/C21H28N4O8/c22-13(9-12-5-2-1-3-6-12)18(29)24-15(11-26)20(31)25-8-4-7-16(25)19(30)23-14(21(32)33)10-17(27)28/h1-3,5-6,13-16,26H,4,7-11,22H2,(H,23,30)(H,24,29)(H,27,28)(H,32,33). The number of aliphatic carboxylic acids is 2. The quantitative estimate of drug-likeness (QED) is 0.216. The highest BCUT2D eigenvalue weighted by molar-refractivity contribution is 5.95. The van der Waals surface area contributed by atoms with Crippen molar-refractivity contribution in [3.8, 4) is 0 Å². The number of carbonyl (C=O) groups is 5. The van der Waals surface area contributed by atoms with Crippen LogP contribution in [0.4, 0.5) is 0 Å². The van der Waals surface area contributed by atoms with E-state index in [2.05, 4.69) is 10.6 Å². The van der Waals surface area contributed by atoms with Crippen LogP contribution in [0, 0.1) is 0 Å². The molecule has 2 rings (SSSR count). The Balaban J connectivity index is 2.02. The van der Waals surface area contributed by atoms with Crippen molar-refractivity contribution in [1.29, 1.82) is 0 Å². The second kappa shape index (κ2) is 11.9. The zero-order chi connectivity index (χ0) is 24.5. The summed E-state index contributed by atoms with van der Waals surface area (Å²) < 4.78 is 0. The van der Waals surface area contributed by atoms with E-state index in [-0.39, 0.29) is 19.4 Å². The van der Waals surface area contributed by atoms with E-state index < -0.39 is 66.9 Å². The number of carboxylic acids is 2. The number of hydrogen-bond acceptors (Lipinski definition) is 7. The summed E-state index contributed by atoms with van der Waals surface area (Å²) in [6.07, 6.45) is 0.0426. The van der Waals surface area contributed by atoms with Gasteiger partial charge in [0.2, 0.25) is 17.7 Å².